The first-order valence-electron chi connectivity index (χ1n) is 8.91. The molecule has 1 unspecified atom stereocenters. The topological polar surface area (TPSA) is 101 Å². The molecule has 148 valence electrons. The molecule has 1 N–H and O–H groups in total. The van der Waals surface area contributed by atoms with Crippen molar-refractivity contribution in [2.75, 3.05) is 34.0 Å². The minimum absolute atomic E-state index is 0.0200. The van der Waals surface area contributed by atoms with Gasteiger partial charge in [-0.1, -0.05) is 12.1 Å². The Morgan fingerprint density at radius 3 is 2.89 bits per heavy atom. The fourth-order valence-electron chi connectivity index (χ4n) is 3.51. The van der Waals surface area contributed by atoms with E-state index in [1.807, 2.05) is 24.3 Å². The van der Waals surface area contributed by atoms with Crippen LogP contribution in [0.2, 0.25) is 0 Å². The van der Waals surface area contributed by atoms with Crippen molar-refractivity contribution in [3.05, 3.63) is 36.0 Å². The fourth-order valence-corrected chi connectivity index (χ4v) is 6.14. The van der Waals surface area contributed by atoms with Crippen LogP contribution in [0.1, 0.15) is 18.2 Å². The molecule has 2 aliphatic heterocycles. The van der Waals surface area contributed by atoms with E-state index in [0.29, 0.717) is 23.7 Å². The van der Waals surface area contributed by atoms with E-state index in [1.165, 1.54) is 16.7 Å². The molecular formula is C18H20N4O4S2. The molecule has 1 saturated heterocycles. The molecular weight excluding hydrogens is 400 g/mol. The largest absolute Gasteiger partial charge is 0.309 e. The van der Waals surface area contributed by atoms with Gasteiger partial charge in [-0.2, -0.15) is 5.10 Å². The Bertz CT molecular complexity index is 1050. The number of para-hydroxylation sites is 1. The Hall–Kier alpha value is -2.33. The predicted octanol–water partition coefficient (Wildman–Crippen LogP) is 1.63. The van der Waals surface area contributed by atoms with Crippen molar-refractivity contribution in [1.82, 2.24) is 9.78 Å². The number of thioether (sulfide) groups is 1. The van der Waals surface area contributed by atoms with Crippen molar-refractivity contribution < 1.29 is 18.0 Å². The van der Waals surface area contributed by atoms with Crippen molar-refractivity contribution in [3.8, 4) is 0 Å². The van der Waals surface area contributed by atoms with E-state index >= 15 is 0 Å². The zero-order valence-electron chi connectivity index (χ0n) is 15.3. The summed E-state index contributed by atoms with van der Waals surface area (Å²) < 4.78 is 25.2. The minimum atomic E-state index is -3.07. The molecule has 8 nitrogen and oxygen atoms in total. The lowest BCUT2D eigenvalue weighted by Crippen LogP contribution is -2.41. The predicted molar refractivity (Wildman–Crippen MR) is 107 cm³/mol. The molecule has 0 saturated carbocycles. The number of anilines is 2. The van der Waals surface area contributed by atoms with E-state index in [-0.39, 0.29) is 35.9 Å². The zero-order chi connectivity index (χ0) is 19.9. The monoisotopic (exact) mass is 420 g/mol. The molecule has 2 aliphatic rings. The third kappa shape index (κ3) is 3.79. The highest BCUT2D eigenvalue weighted by Crippen LogP contribution is 2.34. The van der Waals surface area contributed by atoms with Gasteiger partial charge in [0.15, 0.2) is 9.84 Å². The van der Waals surface area contributed by atoms with Gasteiger partial charge in [-0.3, -0.25) is 9.59 Å². The molecule has 1 aromatic heterocycles. The van der Waals surface area contributed by atoms with E-state index in [1.54, 1.807) is 17.7 Å². The quantitative estimate of drug-likeness (QED) is 0.807. The summed E-state index contributed by atoms with van der Waals surface area (Å²) in [5.74, 6) is 0.424. The van der Waals surface area contributed by atoms with E-state index < -0.39 is 9.84 Å². The highest BCUT2D eigenvalue weighted by atomic mass is 32.2. The van der Waals surface area contributed by atoms with Crippen LogP contribution in [0.4, 0.5) is 11.5 Å². The molecule has 2 aromatic rings. The number of aromatic nitrogens is 2. The SMILES string of the molecule is Cc1cc(NC(=O)CN2C(=O)CSc3ccccc32)n(C2CCS(=O)(=O)C2)n1. The molecule has 1 atom stereocenters. The molecule has 0 radical (unpaired) electrons. The minimum Gasteiger partial charge on any atom is -0.309 e. The first-order valence-corrected chi connectivity index (χ1v) is 11.7. The van der Waals surface area contributed by atoms with Crippen molar-refractivity contribution in [2.45, 2.75) is 24.3 Å². The molecule has 0 bridgehead atoms. The first kappa shape index (κ1) is 19.0. The van der Waals surface area contributed by atoms with Crippen LogP contribution in [0.3, 0.4) is 0 Å². The number of amides is 2. The summed E-state index contributed by atoms with van der Waals surface area (Å²) in [5.41, 5.74) is 1.42. The van der Waals surface area contributed by atoms with Crippen LogP contribution < -0.4 is 10.2 Å². The van der Waals surface area contributed by atoms with Crippen molar-refractivity contribution in [2.24, 2.45) is 0 Å². The summed E-state index contributed by atoms with van der Waals surface area (Å²) in [7, 11) is -3.07. The third-order valence-corrected chi connectivity index (χ3v) is 7.59. The Kier molecular flexibility index (Phi) is 4.92. The summed E-state index contributed by atoms with van der Waals surface area (Å²) in [6.07, 6.45) is 0.474. The highest BCUT2D eigenvalue weighted by molar-refractivity contribution is 8.00. The van der Waals surface area contributed by atoms with Gasteiger partial charge >= 0.3 is 0 Å². The number of hydrogen-bond donors (Lipinski definition) is 1. The average molecular weight is 421 g/mol. The van der Waals surface area contributed by atoms with Gasteiger partial charge in [0.25, 0.3) is 0 Å². The molecule has 0 aliphatic carbocycles. The maximum Gasteiger partial charge on any atom is 0.245 e. The van der Waals surface area contributed by atoms with Crippen LogP contribution in [0, 0.1) is 6.92 Å². The van der Waals surface area contributed by atoms with Crippen LogP contribution >= 0.6 is 11.8 Å². The number of rotatable bonds is 4. The number of hydrogen-bond acceptors (Lipinski definition) is 6. The summed E-state index contributed by atoms with van der Waals surface area (Å²) in [6, 6.07) is 8.91. The van der Waals surface area contributed by atoms with Crippen LogP contribution in [-0.4, -0.2) is 53.8 Å². The number of aryl methyl sites for hydroxylation is 1. The van der Waals surface area contributed by atoms with E-state index in [2.05, 4.69) is 10.4 Å². The molecule has 2 amide bonds. The lowest BCUT2D eigenvalue weighted by atomic mass is 10.2. The van der Waals surface area contributed by atoms with Gasteiger partial charge in [-0.05, 0) is 25.5 Å². The first-order chi connectivity index (χ1) is 13.3. The highest BCUT2D eigenvalue weighted by Gasteiger charge is 2.32. The van der Waals surface area contributed by atoms with Gasteiger partial charge in [0.2, 0.25) is 11.8 Å². The van der Waals surface area contributed by atoms with Gasteiger partial charge < -0.3 is 10.2 Å². The van der Waals surface area contributed by atoms with Crippen molar-refractivity contribution in [1.29, 1.82) is 0 Å². The number of nitrogens with zero attached hydrogens (tertiary/aromatic N) is 3. The van der Waals surface area contributed by atoms with E-state index in [4.69, 9.17) is 0 Å². The second-order valence-electron chi connectivity index (χ2n) is 6.96. The number of benzene rings is 1. The maximum absolute atomic E-state index is 12.7. The molecule has 1 fully saturated rings. The number of fused-ring (bicyclic) bond motifs is 1. The number of carbonyl (C=O) groups is 2. The smallest absolute Gasteiger partial charge is 0.245 e. The van der Waals surface area contributed by atoms with Gasteiger partial charge in [-0.25, -0.2) is 13.1 Å². The summed E-state index contributed by atoms with van der Waals surface area (Å²) in [5, 5.41) is 7.16. The maximum atomic E-state index is 12.7. The molecule has 4 rings (SSSR count). The Balaban J connectivity index is 1.52. The van der Waals surface area contributed by atoms with E-state index in [9.17, 15) is 18.0 Å². The summed E-state index contributed by atoms with van der Waals surface area (Å²) in [6.45, 7) is 1.68. The van der Waals surface area contributed by atoms with Gasteiger partial charge in [0.05, 0.1) is 34.7 Å². The lowest BCUT2D eigenvalue weighted by Gasteiger charge is -2.28. The van der Waals surface area contributed by atoms with Crippen molar-refractivity contribution in [3.63, 3.8) is 0 Å². The van der Waals surface area contributed by atoms with Crippen LogP contribution in [0.5, 0.6) is 0 Å². The standard InChI is InChI=1S/C18H20N4O4S2/c1-12-8-16(22(20-12)13-6-7-28(25,26)11-13)19-17(23)9-21-14-4-2-3-5-15(14)27-10-18(21)24/h2-5,8,13H,6-7,9-11H2,1H3,(H,19,23). The summed E-state index contributed by atoms with van der Waals surface area (Å²) >= 11 is 1.46. The van der Waals surface area contributed by atoms with E-state index in [0.717, 1.165) is 10.6 Å². The van der Waals surface area contributed by atoms with Crippen LogP contribution in [0.25, 0.3) is 0 Å². The lowest BCUT2D eigenvalue weighted by molar-refractivity contribution is -0.120. The molecule has 10 heteroatoms. The third-order valence-electron chi connectivity index (χ3n) is 4.79. The molecule has 0 spiro atoms. The fraction of sp³-hybridized carbons (Fsp3) is 0.389. The number of carbonyl (C=O) groups excluding carboxylic acids is 2. The molecule has 28 heavy (non-hydrogen) atoms. The second kappa shape index (κ2) is 7.25. The Morgan fingerprint density at radius 1 is 1.36 bits per heavy atom. The molecule has 1 aromatic carbocycles. The van der Waals surface area contributed by atoms with Crippen LogP contribution in [0.15, 0.2) is 35.2 Å². The number of sulfone groups is 1. The number of nitrogens with one attached hydrogen (secondary N) is 1. The normalized spacial score (nSPS) is 20.8. The van der Waals surface area contributed by atoms with Crippen molar-refractivity contribution >= 4 is 44.9 Å². The zero-order valence-corrected chi connectivity index (χ0v) is 16.9. The van der Waals surface area contributed by atoms with Gasteiger partial charge in [0.1, 0.15) is 12.4 Å². The Morgan fingerprint density at radius 2 is 2.14 bits per heavy atom. The van der Waals surface area contributed by atoms with Crippen LogP contribution in [-0.2, 0) is 19.4 Å². The Labute approximate surface area is 167 Å². The average Bonchev–Trinajstić information content (AvgIpc) is 3.19. The van der Waals surface area contributed by atoms with Gasteiger partial charge in [0, 0.05) is 11.0 Å². The molecule has 3 heterocycles. The second-order valence-corrected chi connectivity index (χ2v) is 10.2. The van der Waals surface area contributed by atoms with Gasteiger partial charge in [-0.15, -0.1) is 11.8 Å². The summed E-state index contributed by atoms with van der Waals surface area (Å²) in [4.78, 5) is 27.5.